The number of carbonyl (C=O) groups is 1. The Balaban J connectivity index is 1.89. The molecule has 1 amide bonds. The monoisotopic (exact) mass is 513 g/mol. The van der Waals surface area contributed by atoms with E-state index < -0.39 is 14.8 Å². The summed E-state index contributed by atoms with van der Waals surface area (Å²) in [6, 6.07) is 9.21. The first-order valence-corrected chi connectivity index (χ1v) is 12.4. The van der Waals surface area contributed by atoms with Crippen LogP contribution in [0.15, 0.2) is 65.4 Å². The number of pyridine rings is 1. The summed E-state index contributed by atoms with van der Waals surface area (Å²) in [5.74, 6) is -0.0728. The molecule has 0 saturated carbocycles. The highest BCUT2D eigenvalue weighted by molar-refractivity contribution is 9.11. The molecule has 0 fully saturated rings. The lowest BCUT2D eigenvalue weighted by atomic mass is 9.99. The molecule has 0 bridgehead atoms. The number of halogens is 1. The molecular formula is C24H24BrN3O3S. The smallest absolute Gasteiger partial charge is 0.253 e. The first kappa shape index (κ1) is 22.5. The van der Waals surface area contributed by atoms with Gasteiger partial charge in [-0.2, -0.15) is 0 Å². The lowest BCUT2D eigenvalue weighted by Crippen LogP contribution is -2.38. The number of fused-ring (bicyclic) bond motifs is 1. The molecule has 8 heteroatoms. The Hall–Kier alpha value is -2.71. The molecule has 0 N–H and O–H groups in total. The van der Waals surface area contributed by atoms with Crippen molar-refractivity contribution in [2.75, 3.05) is 14.1 Å². The predicted molar refractivity (Wildman–Crippen MR) is 131 cm³/mol. The Morgan fingerprint density at radius 2 is 2.00 bits per heavy atom. The second-order valence-electron chi connectivity index (χ2n) is 8.40. The van der Waals surface area contributed by atoms with Crippen molar-refractivity contribution in [2.45, 2.75) is 25.0 Å². The van der Waals surface area contributed by atoms with E-state index in [0.717, 1.165) is 26.6 Å². The Morgan fingerprint density at radius 1 is 1.25 bits per heavy atom. The lowest BCUT2D eigenvalue weighted by Gasteiger charge is -2.27. The van der Waals surface area contributed by atoms with Gasteiger partial charge in [-0.1, -0.05) is 40.2 Å². The largest absolute Gasteiger partial charge is 0.345 e. The summed E-state index contributed by atoms with van der Waals surface area (Å²) in [6.45, 7) is 3.60. The maximum atomic E-state index is 13.8. The first-order valence-electron chi connectivity index (χ1n) is 10.1. The molecule has 32 heavy (non-hydrogen) atoms. The van der Waals surface area contributed by atoms with E-state index in [-0.39, 0.29) is 5.91 Å². The Bertz CT molecular complexity index is 1400. The summed E-state index contributed by atoms with van der Waals surface area (Å²) >= 11 is 3.41. The average Bonchev–Trinajstić information content (AvgIpc) is 3.13. The third kappa shape index (κ3) is 3.61. The quantitative estimate of drug-likeness (QED) is 0.497. The van der Waals surface area contributed by atoms with Crippen LogP contribution in [-0.4, -0.2) is 47.0 Å². The van der Waals surface area contributed by atoms with Crippen molar-refractivity contribution in [3.05, 3.63) is 76.6 Å². The van der Waals surface area contributed by atoms with Crippen LogP contribution in [0.3, 0.4) is 0 Å². The van der Waals surface area contributed by atoms with E-state index in [0.29, 0.717) is 17.6 Å². The molecule has 0 spiro atoms. The number of aryl methyl sites for hydroxylation is 1. The number of hydrogen-bond donors (Lipinski definition) is 0. The maximum absolute atomic E-state index is 13.8. The van der Waals surface area contributed by atoms with Crippen LogP contribution in [0.25, 0.3) is 22.2 Å². The zero-order valence-corrected chi connectivity index (χ0v) is 20.7. The van der Waals surface area contributed by atoms with Crippen molar-refractivity contribution in [3.8, 4) is 11.1 Å². The molecule has 2 aromatic heterocycles. The Morgan fingerprint density at radius 3 is 2.66 bits per heavy atom. The maximum Gasteiger partial charge on any atom is 0.253 e. The van der Waals surface area contributed by atoms with Crippen molar-refractivity contribution in [1.29, 1.82) is 0 Å². The van der Waals surface area contributed by atoms with Gasteiger partial charge in [0.1, 0.15) is 4.75 Å². The molecule has 1 aromatic carbocycles. The van der Waals surface area contributed by atoms with Gasteiger partial charge in [-0.25, -0.2) is 17.4 Å². The SMILES string of the molecule is Cc1cc(-c2cn(S(=O)(=O)C3(C)C=C(Br)C=CC3)c3ncccc23)ccc1C(=O)N(C)C. The minimum absolute atomic E-state index is 0.0728. The van der Waals surface area contributed by atoms with E-state index in [1.807, 2.05) is 37.3 Å². The van der Waals surface area contributed by atoms with Crippen LogP contribution in [0, 0.1) is 6.92 Å². The third-order valence-electron chi connectivity index (χ3n) is 5.80. The van der Waals surface area contributed by atoms with Crippen molar-refractivity contribution >= 4 is 42.9 Å². The van der Waals surface area contributed by atoms with E-state index in [2.05, 4.69) is 20.9 Å². The molecule has 0 saturated heterocycles. The molecule has 166 valence electrons. The minimum Gasteiger partial charge on any atom is -0.345 e. The van der Waals surface area contributed by atoms with E-state index in [1.54, 1.807) is 51.6 Å². The second-order valence-corrected chi connectivity index (χ2v) is 11.6. The highest BCUT2D eigenvalue weighted by atomic mass is 79.9. The van der Waals surface area contributed by atoms with E-state index >= 15 is 0 Å². The fourth-order valence-electron chi connectivity index (χ4n) is 3.96. The number of amides is 1. The number of carbonyl (C=O) groups excluding carboxylic acids is 1. The van der Waals surface area contributed by atoms with Crippen LogP contribution in [0.5, 0.6) is 0 Å². The standard InChI is InChI=1S/C24H24BrN3O3S/c1-16-13-17(9-10-19(16)23(29)27(3)4)21-15-28(22-20(21)8-6-12-26-22)32(30,31)24(2)11-5-7-18(25)14-24/h5-10,12-15H,11H2,1-4H3. The van der Waals surface area contributed by atoms with Crippen molar-refractivity contribution in [1.82, 2.24) is 13.9 Å². The molecule has 0 aliphatic heterocycles. The lowest BCUT2D eigenvalue weighted by molar-refractivity contribution is 0.0827. The van der Waals surface area contributed by atoms with Crippen molar-refractivity contribution in [2.24, 2.45) is 0 Å². The number of aromatic nitrogens is 2. The molecule has 4 rings (SSSR count). The van der Waals surface area contributed by atoms with Crippen molar-refractivity contribution in [3.63, 3.8) is 0 Å². The van der Waals surface area contributed by atoms with Gasteiger partial charge in [0.2, 0.25) is 10.0 Å². The van der Waals surface area contributed by atoms with Gasteiger partial charge in [-0.05, 0) is 55.7 Å². The van der Waals surface area contributed by atoms with E-state index in [9.17, 15) is 13.2 Å². The topological polar surface area (TPSA) is 72.3 Å². The molecule has 1 aliphatic carbocycles. The Labute approximate surface area is 196 Å². The Kier molecular flexibility index (Phi) is 5.63. The molecular weight excluding hydrogens is 490 g/mol. The first-order chi connectivity index (χ1) is 15.0. The minimum atomic E-state index is -3.82. The van der Waals surface area contributed by atoms with Gasteiger partial charge in [0.05, 0.1) is 0 Å². The fourth-order valence-corrected chi connectivity index (χ4v) is 6.46. The van der Waals surface area contributed by atoms with Crippen LogP contribution >= 0.6 is 15.9 Å². The highest BCUT2D eigenvalue weighted by Crippen LogP contribution is 2.37. The van der Waals surface area contributed by atoms with Crippen LogP contribution in [0.4, 0.5) is 0 Å². The number of hydrogen-bond acceptors (Lipinski definition) is 4. The summed E-state index contributed by atoms with van der Waals surface area (Å²) < 4.78 is 28.5. The predicted octanol–water partition coefficient (Wildman–Crippen LogP) is 4.89. The van der Waals surface area contributed by atoms with Crippen molar-refractivity contribution < 1.29 is 13.2 Å². The molecule has 6 nitrogen and oxygen atoms in total. The van der Waals surface area contributed by atoms with Crippen LogP contribution < -0.4 is 0 Å². The third-order valence-corrected chi connectivity index (χ3v) is 8.55. The zero-order valence-electron chi connectivity index (χ0n) is 18.3. The van der Waals surface area contributed by atoms with Gasteiger partial charge in [0.25, 0.3) is 5.91 Å². The second kappa shape index (κ2) is 8.01. The van der Waals surface area contributed by atoms with Gasteiger partial charge in [0.15, 0.2) is 5.65 Å². The summed E-state index contributed by atoms with van der Waals surface area (Å²) in [5.41, 5.74) is 3.40. The number of nitrogens with zero attached hydrogens (tertiary/aromatic N) is 3. The van der Waals surface area contributed by atoms with Gasteiger partial charge in [-0.3, -0.25) is 4.79 Å². The van der Waals surface area contributed by atoms with Gasteiger partial charge in [0, 0.05) is 47.5 Å². The number of rotatable bonds is 4. The highest BCUT2D eigenvalue weighted by Gasteiger charge is 2.40. The normalized spacial score (nSPS) is 18.6. The molecule has 0 radical (unpaired) electrons. The van der Waals surface area contributed by atoms with E-state index in [4.69, 9.17) is 0 Å². The fraction of sp³-hybridized carbons (Fsp3) is 0.250. The summed E-state index contributed by atoms with van der Waals surface area (Å²) in [7, 11) is -0.384. The number of benzene rings is 1. The summed E-state index contributed by atoms with van der Waals surface area (Å²) in [4.78, 5) is 18.4. The van der Waals surface area contributed by atoms with Crippen LogP contribution in [0.1, 0.15) is 29.3 Å². The van der Waals surface area contributed by atoms with Crippen LogP contribution in [-0.2, 0) is 10.0 Å². The summed E-state index contributed by atoms with van der Waals surface area (Å²) in [6.07, 6.45) is 9.03. The van der Waals surface area contributed by atoms with Gasteiger partial charge >= 0.3 is 0 Å². The van der Waals surface area contributed by atoms with Gasteiger partial charge in [-0.15, -0.1) is 0 Å². The molecule has 3 aromatic rings. The summed E-state index contributed by atoms with van der Waals surface area (Å²) in [5, 5.41) is 0.736. The zero-order chi connectivity index (χ0) is 23.3. The molecule has 1 aliphatic rings. The average molecular weight is 514 g/mol. The molecule has 1 atom stereocenters. The molecule has 2 heterocycles. The molecule has 1 unspecified atom stereocenters. The van der Waals surface area contributed by atoms with Crippen LogP contribution in [0.2, 0.25) is 0 Å². The number of allylic oxidation sites excluding steroid dienone is 3. The van der Waals surface area contributed by atoms with Gasteiger partial charge < -0.3 is 4.90 Å². The van der Waals surface area contributed by atoms with E-state index in [1.165, 1.54) is 8.87 Å².